The number of rotatable bonds is 2. The molecular formula is C15H16ClNO4. The summed E-state index contributed by atoms with van der Waals surface area (Å²) in [6.45, 7) is 2.25. The maximum Gasteiger partial charge on any atom is 0.308 e. The number of carbonyl (C=O) groups is 2. The van der Waals surface area contributed by atoms with Gasteiger partial charge in [-0.3, -0.25) is 9.59 Å². The van der Waals surface area contributed by atoms with E-state index in [1.807, 2.05) is 0 Å². The highest BCUT2D eigenvalue weighted by atomic mass is 35.5. The van der Waals surface area contributed by atoms with Gasteiger partial charge < -0.3 is 14.7 Å². The van der Waals surface area contributed by atoms with Gasteiger partial charge in [0.05, 0.1) is 5.92 Å². The van der Waals surface area contributed by atoms with Crippen molar-refractivity contribution < 1.29 is 19.4 Å². The minimum absolute atomic E-state index is 0.140. The van der Waals surface area contributed by atoms with Crippen LogP contribution in [-0.2, 0) is 16.0 Å². The maximum atomic E-state index is 12.6. The summed E-state index contributed by atoms with van der Waals surface area (Å²) in [6.07, 6.45) is 0.400. The summed E-state index contributed by atoms with van der Waals surface area (Å²) in [5.41, 5.74) is 0.919. The van der Waals surface area contributed by atoms with Crippen LogP contribution in [0.3, 0.4) is 0 Å². The fourth-order valence-electron chi connectivity index (χ4n) is 3.12. The molecule has 1 fully saturated rings. The lowest BCUT2D eigenvalue weighted by molar-refractivity contribution is -0.144. The van der Waals surface area contributed by atoms with Crippen molar-refractivity contribution in [3.8, 4) is 5.75 Å². The first kappa shape index (κ1) is 14.2. The van der Waals surface area contributed by atoms with Gasteiger partial charge in [-0.05, 0) is 37.1 Å². The number of fused-ring (bicyclic) bond motifs is 1. The van der Waals surface area contributed by atoms with E-state index in [1.54, 1.807) is 30.0 Å². The number of aliphatic carboxylic acids is 1. The van der Waals surface area contributed by atoms with Crippen LogP contribution in [0, 0.1) is 5.92 Å². The summed E-state index contributed by atoms with van der Waals surface area (Å²) in [7, 11) is 0. The van der Waals surface area contributed by atoms with E-state index in [-0.39, 0.29) is 11.9 Å². The highest BCUT2D eigenvalue weighted by Gasteiger charge is 2.42. The Kier molecular flexibility index (Phi) is 3.53. The van der Waals surface area contributed by atoms with Crippen LogP contribution in [0.25, 0.3) is 0 Å². The summed E-state index contributed by atoms with van der Waals surface area (Å²) in [5, 5.41) is 9.75. The van der Waals surface area contributed by atoms with Gasteiger partial charge in [-0.25, -0.2) is 0 Å². The fourth-order valence-corrected chi connectivity index (χ4v) is 3.32. The molecule has 1 aromatic carbocycles. The van der Waals surface area contributed by atoms with E-state index in [2.05, 4.69) is 0 Å². The quantitative estimate of drug-likeness (QED) is 0.907. The molecule has 0 aliphatic carbocycles. The molecule has 3 atom stereocenters. The van der Waals surface area contributed by atoms with Crippen molar-refractivity contribution in [2.45, 2.75) is 31.9 Å². The molecule has 6 heteroatoms. The largest absolute Gasteiger partial charge is 0.481 e. The van der Waals surface area contributed by atoms with Gasteiger partial charge >= 0.3 is 5.97 Å². The SMILES string of the molecule is CC1C(C(=O)O)CCN1C(=O)C1Cc2cc(Cl)ccc2O1. The number of carboxylic acid groups (broad SMARTS) is 1. The summed E-state index contributed by atoms with van der Waals surface area (Å²) >= 11 is 5.94. The van der Waals surface area contributed by atoms with Crippen LogP contribution in [0.1, 0.15) is 18.9 Å². The van der Waals surface area contributed by atoms with Gasteiger partial charge in [0, 0.05) is 24.0 Å². The van der Waals surface area contributed by atoms with Crippen molar-refractivity contribution >= 4 is 23.5 Å². The molecule has 5 nitrogen and oxygen atoms in total. The Morgan fingerprint density at radius 3 is 2.86 bits per heavy atom. The number of hydrogen-bond donors (Lipinski definition) is 1. The van der Waals surface area contributed by atoms with Crippen LogP contribution in [0.2, 0.25) is 5.02 Å². The van der Waals surface area contributed by atoms with Crippen LogP contribution in [0.5, 0.6) is 5.75 Å². The van der Waals surface area contributed by atoms with Crippen LogP contribution >= 0.6 is 11.6 Å². The van der Waals surface area contributed by atoms with E-state index in [4.69, 9.17) is 21.4 Å². The molecule has 0 radical (unpaired) electrons. The average molecular weight is 310 g/mol. The van der Waals surface area contributed by atoms with Gasteiger partial charge in [0.1, 0.15) is 5.75 Å². The second-order valence-corrected chi connectivity index (χ2v) is 6.00. The lowest BCUT2D eigenvalue weighted by Crippen LogP contribution is -2.44. The van der Waals surface area contributed by atoms with E-state index in [0.717, 1.165) is 5.56 Å². The predicted molar refractivity (Wildman–Crippen MR) is 76.5 cm³/mol. The molecule has 1 saturated heterocycles. The zero-order valence-electron chi connectivity index (χ0n) is 11.6. The second-order valence-electron chi connectivity index (χ2n) is 5.57. The van der Waals surface area contributed by atoms with Crippen LogP contribution < -0.4 is 4.74 Å². The van der Waals surface area contributed by atoms with Gasteiger partial charge in [-0.2, -0.15) is 0 Å². The van der Waals surface area contributed by atoms with E-state index in [9.17, 15) is 9.59 Å². The lowest BCUT2D eigenvalue weighted by Gasteiger charge is -2.25. The molecule has 3 unspecified atom stereocenters. The first-order valence-electron chi connectivity index (χ1n) is 6.95. The van der Waals surface area contributed by atoms with E-state index >= 15 is 0 Å². The molecule has 21 heavy (non-hydrogen) atoms. The van der Waals surface area contributed by atoms with Crippen molar-refractivity contribution in [3.63, 3.8) is 0 Å². The molecule has 1 amide bonds. The Hall–Kier alpha value is -1.75. The predicted octanol–water partition coefficient (Wildman–Crippen LogP) is 1.97. The minimum atomic E-state index is -0.847. The molecule has 0 spiro atoms. The summed E-state index contributed by atoms with van der Waals surface area (Å²) in [5.74, 6) is -0.801. The molecule has 0 bridgehead atoms. The Labute approximate surface area is 127 Å². The summed E-state index contributed by atoms with van der Waals surface area (Å²) in [4.78, 5) is 25.3. The Morgan fingerprint density at radius 1 is 1.43 bits per heavy atom. The van der Waals surface area contributed by atoms with Gasteiger partial charge in [0.25, 0.3) is 5.91 Å². The van der Waals surface area contributed by atoms with Crippen molar-refractivity contribution in [2.75, 3.05) is 6.54 Å². The standard InChI is InChI=1S/C15H16ClNO4/c1-8-11(15(19)20)4-5-17(8)14(18)13-7-9-6-10(16)2-3-12(9)21-13/h2-3,6,8,11,13H,4-5,7H2,1H3,(H,19,20). The van der Waals surface area contributed by atoms with E-state index in [0.29, 0.717) is 30.2 Å². The number of ether oxygens (including phenoxy) is 1. The Balaban J connectivity index is 1.72. The Morgan fingerprint density at radius 2 is 2.19 bits per heavy atom. The van der Waals surface area contributed by atoms with Gasteiger partial charge in [-0.15, -0.1) is 0 Å². The number of halogens is 1. The average Bonchev–Trinajstić information content (AvgIpc) is 3.00. The highest BCUT2D eigenvalue weighted by molar-refractivity contribution is 6.30. The summed E-state index contributed by atoms with van der Waals surface area (Å²) in [6, 6.07) is 4.99. The molecule has 0 saturated carbocycles. The van der Waals surface area contributed by atoms with Crippen LogP contribution in [0.15, 0.2) is 18.2 Å². The topological polar surface area (TPSA) is 66.8 Å². The molecule has 2 aliphatic heterocycles. The molecule has 2 heterocycles. The fraction of sp³-hybridized carbons (Fsp3) is 0.467. The van der Waals surface area contributed by atoms with Crippen molar-refractivity contribution in [3.05, 3.63) is 28.8 Å². The third-order valence-electron chi connectivity index (χ3n) is 4.33. The number of likely N-dealkylation sites (tertiary alicyclic amines) is 1. The third kappa shape index (κ3) is 2.46. The van der Waals surface area contributed by atoms with E-state index in [1.165, 1.54) is 0 Å². The zero-order valence-corrected chi connectivity index (χ0v) is 12.3. The molecule has 2 aliphatic rings. The molecule has 3 rings (SSSR count). The smallest absolute Gasteiger partial charge is 0.308 e. The van der Waals surface area contributed by atoms with Crippen LogP contribution in [0.4, 0.5) is 0 Å². The highest BCUT2D eigenvalue weighted by Crippen LogP contribution is 2.33. The normalized spacial score (nSPS) is 27.3. The zero-order chi connectivity index (χ0) is 15.1. The first-order valence-corrected chi connectivity index (χ1v) is 7.33. The number of nitrogens with zero attached hydrogens (tertiary/aromatic N) is 1. The molecule has 0 aromatic heterocycles. The van der Waals surface area contributed by atoms with Gasteiger partial charge in [0.15, 0.2) is 6.10 Å². The number of benzene rings is 1. The first-order chi connectivity index (χ1) is 9.97. The summed E-state index contributed by atoms with van der Waals surface area (Å²) < 4.78 is 5.68. The Bertz CT molecular complexity index is 603. The molecular weight excluding hydrogens is 294 g/mol. The van der Waals surface area contributed by atoms with Crippen molar-refractivity contribution in [1.29, 1.82) is 0 Å². The number of carbonyl (C=O) groups excluding carboxylic acids is 1. The second kappa shape index (κ2) is 5.22. The number of carboxylic acids is 1. The minimum Gasteiger partial charge on any atom is -0.481 e. The molecule has 112 valence electrons. The number of hydrogen-bond acceptors (Lipinski definition) is 3. The van der Waals surface area contributed by atoms with Crippen molar-refractivity contribution in [2.24, 2.45) is 5.92 Å². The molecule has 1 N–H and O–H groups in total. The monoisotopic (exact) mass is 309 g/mol. The third-order valence-corrected chi connectivity index (χ3v) is 4.56. The van der Waals surface area contributed by atoms with Gasteiger partial charge in [-0.1, -0.05) is 11.6 Å². The van der Waals surface area contributed by atoms with Crippen LogP contribution in [-0.4, -0.2) is 40.6 Å². The van der Waals surface area contributed by atoms with E-state index < -0.39 is 18.0 Å². The maximum absolute atomic E-state index is 12.6. The lowest BCUT2D eigenvalue weighted by atomic mass is 10.0. The van der Waals surface area contributed by atoms with Gasteiger partial charge in [0.2, 0.25) is 0 Å². The number of amides is 1. The molecule has 1 aromatic rings. The van der Waals surface area contributed by atoms with Crippen molar-refractivity contribution in [1.82, 2.24) is 4.90 Å².